The number of aryl methyl sites for hydroxylation is 2. The minimum atomic E-state index is 0.585. The lowest BCUT2D eigenvalue weighted by molar-refractivity contribution is 0.758. The normalized spacial score (nSPS) is 11.3. The summed E-state index contributed by atoms with van der Waals surface area (Å²) in [6.07, 6.45) is 5.49. The van der Waals surface area contributed by atoms with E-state index in [1.807, 2.05) is 29.8 Å². The fraction of sp³-hybridized carbons (Fsp3) is 0.333. The van der Waals surface area contributed by atoms with E-state index in [2.05, 4.69) is 32.9 Å². The molecular weight excluding hydrogens is 290 g/mol. The van der Waals surface area contributed by atoms with Crippen molar-refractivity contribution in [2.75, 3.05) is 5.88 Å². The van der Waals surface area contributed by atoms with E-state index >= 15 is 0 Å². The van der Waals surface area contributed by atoms with Gasteiger partial charge in [0.05, 0.1) is 18.3 Å². The third kappa shape index (κ3) is 2.45. The molecule has 0 bridgehead atoms. The number of thiophene rings is 1. The van der Waals surface area contributed by atoms with Crippen molar-refractivity contribution in [3.05, 3.63) is 46.2 Å². The molecule has 3 nitrogen and oxygen atoms in total. The van der Waals surface area contributed by atoms with Crippen molar-refractivity contribution in [2.45, 2.75) is 26.3 Å². The number of pyridine rings is 1. The Kier molecular flexibility index (Phi) is 4.03. The first kappa shape index (κ1) is 13.6. The summed E-state index contributed by atoms with van der Waals surface area (Å²) in [7, 11) is 0. The van der Waals surface area contributed by atoms with Crippen LogP contribution in [0.25, 0.3) is 11.0 Å². The Morgan fingerprint density at radius 3 is 3.05 bits per heavy atom. The number of fused-ring (bicyclic) bond motifs is 1. The molecule has 0 aromatic carbocycles. The van der Waals surface area contributed by atoms with Crippen LogP contribution in [0.15, 0.2) is 29.9 Å². The molecule has 20 heavy (non-hydrogen) atoms. The Morgan fingerprint density at radius 1 is 1.35 bits per heavy atom. The van der Waals surface area contributed by atoms with E-state index in [1.165, 1.54) is 10.4 Å². The van der Waals surface area contributed by atoms with E-state index in [-0.39, 0.29) is 0 Å². The van der Waals surface area contributed by atoms with Crippen molar-refractivity contribution in [2.24, 2.45) is 0 Å². The first-order valence-electron chi connectivity index (χ1n) is 6.73. The quantitative estimate of drug-likeness (QED) is 0.670. The number of hydrogen-bond acceptors (Lipinski definition) is 3. The van der Waals surface area contributed by atoms with Gasteiger partial charge in [0.1, 0.15) is 11.3 Å². The van der Waals surface area contributed by atoms with Crippen molar-refractivity contribution >= 4 is 34.0 Å². The Bertz CT molecular complexity index is 717. The van der Waals surface area contributed by atoms with Crippen LogP contribution in [-0.4, -0.2) is 20.4 Å². The average molecular weight is 306 g/mol. The predicted octanol–water partition coefficient (Wildman–Crippen LogP) is 3.88. The van der Waals surface area contributed by atoms with E-state index in [0.717, 1.165) is 36.2 Å². The summed E-state index contributed by atoms with van der Waals surface area (Å²) in [6, 6.07) is 4.24. The largest absolute Gasteiger partial charge is 0.323 e. The molecule has 104 valence electrons. The predicted molar refractivity (Wildman–Crippen MR) is 84.8 cm³/mol. The summed E-state index contributed by atoms with van der Waals surface area (Å²) in [5.41, 5.74) is 3.50. The monoisotopic (exact) mass is 305 g/mol. The van der Waals surface area contributed by atoms with E-state index in [0.29, 0.717) is 5.88 Å². The summed E-state index contributed by atoms with van der Waals surface area (Å²) in [5, 5.41) is 2.16. The molecule has 5 heteroatoms. The number of alkyl halides is 1. The SMILES string of the molecule is CCc1ccsc1Cn1c(CCCl)nc2cnccc21. The molecule has 0 amide bonds. The molecular formula is C15H16ClN3S. The number of rotatable bonds is 5. The fourth-order valence-electron chi connectivity index (χ4n) is 2.45. The Balaban J connectivity index is 2.06. The van der Waals surface area contributed by atoms with Gasteiger partial charge >= 0.3 is 0 Å². The van der Waals surface area contributed by atoms with Gasteiger partial charge in [-0.25, -0.2) is 4.98 Å². The zero-order chi connectivity index (χ0) is 13.9. The Hall–Kier alpha value is -1.39. The summed E-state index contributed by atoms with van der Waals surface area (Å²) in [5.74, 6) is 1.63. The molecule has 3 aromatic heterocycles. The van der Waals surface area contributed by atoms with Crippen molar-refractivity contribution < 1.29 is 0 Å². The topological polar surface area (TPSA) is 30.7 Å². The Morgan fingerprint density at radius 2 is 2.25 bits per heavy atom. The van der Waals surface area contributed by atoms with Crippen molar-refractivity contribution in [1.82, 2.24) is 14.5 Å². The van der Waals surface area contributed by atoms with E-state index in [9.17, 15) is 0 Å². The fourth-order valence-corrected chi connectivity index (χ4v) is 3.58. The van der Waals surface area contributed by atoms with Gasteiger partial charge in [-0.2, -0.15) is 0 Å². The molecule has 3 heterocycles. The lowest BCUT2D eigenvalue weighted by atomic mass is 10.2. The number of nitrogens with zero attached hydrogens (tertiary/aromatic N) is 3. The van der Waals surface area contributed by atoms with Gasteiger partial charge in [-0.05, 0) is 29.5 Å². The second-order valence-corrected chi connectivity index (χ2v) is 6.02. The van der Waals surface area contributed by atoms with Crippen LogP contribution in [-0.2, 0) is 19.4 Å². The van der Waals surface area contributed by atoms with Crippen molar-refractivity contribution in [3.63, 3.8) is 0 Å². The first-order valence-corrected chi connectivity index (χ1v) is 8.15. The molecule has 0 aliphatic carbocycles. The van der Waals surface area contributed by atoms with Crippen molar-refractivity contribution in [3.8, 4) is 0 Å². The van der Waals surface area contributed by atoms with Crippen LogP contribution in [0, 0.1) is 0 Å². The van der Waals surface area contributed by atoms with Crippen LogP contribution >= 0.6 is 22.9 Å². The molecule has 0 unspecified atom stereocenters. The van der Waals surface area contributed by atoms with Gasteiger partial charge < -0.3 is 4.57 Å². The molecule has 0 aliphatic rings. The third-order valence-corrected chi connectivity index (χ3v) is 4.60. The minimum absolute atomic E-state index is 0.585. The molecule has 0 aliphatic heterocycles. The van der Waals surface area contributed by atoms with Gasteiger partial charge in [0.2, 0.25) is 0 Å². The molecule has 3 rings (SSSR count). The van der Waals surface area contributed by atoms with Gasteiger partial charge in [0, 0.05) is 23.4 Å². The highest BCUT2D eigenvalue weighted by Gasteiger charge is 2.12. The molecule has 0 saturated heterocycles. The maximum absolute atomic E-state index is 5.91. The zero-order valence-electron chi connectivity index (χ0n) is 11.3. The van der Waals surface area contributed by atoms with E-state index in [1.54, 1.807) is 0 Å². The van der Waals surface area contributed by atoms with Gasteiger partial charge in [0.15, 0.2) is 0 Å². The molecule has 0 spiro atoms. The highest BCUT2D eigenvalue weighted by Crippen LogP contribution is 2.23. The summed E-state index contributed by atoms with van der Waals surface area (Å²) < 4.78 is 2.27. The van der Waals surface area contributed by atoms with Gasteiger partial charge in [-0.1, -0.05) is 6.92 Å². The lowest BCUT2D eigenvalue weighted by Crippen LogP contribution is -2.06. The summed E-state index contributed by atoms with van der Waals surface area (Å²) >= 11 is 7.72. The minimum Gasteiger partial charge on any atom is -0.323 e. The van der Waals surface area contributed by atoms with Crippen LogP contribution in [0.1, 0.15) is 23.2 Å². The van der Waals surface area contributed by atoms with Gasteiger partial charge in [-0.3, -0.25) is 4.98 Å². The highest BCUT2D eigenvalue weighted by atomic mass is 35.5. The first-order chi connectivity index (χ1) is 9.83. The molecule has 0 fully saturated rings. The van der Waals surface area contributed by atoms with E-state index < -0.39 is 0 Å². The molecule has 0 N–H and O–H groups in total. The van der Waals surface area contributed by atoms with E-state index in [4.69, 9.17) is 11.6 Å². The lowest BCUT2D eigenvalue weighted by Gasteiger charge is -2.08. The van der Waals surface area contributed by atoms with Gasteiger partial charge in [-0.15, -0.1) is 22.9 Å². The van der Waals surface area contributed by atoms with Crippen LogP contribution in [0.4, 0.5) is 0 Å². The third-order valence-electron chi connectivity index (χ3n) is 3.47. The highest BCUT2D eigenvalue weighted by molar-refractivity contribution is 7.10. The number of imidazole rings is 1. The molecule has 3 aromatic rings. The zero-order valence-corrected chi connectivity index (χ0v) is 12.9. The smallest absolute Gasteiger partial charge is 0.111 e. The maximum atomic E-state index is 5.91. The standard InChI is InChI=1S/C15H16ClN3S/c1-2-11-5-8-20-14(11)10-19-13-4-7-17-9-12(13)18-15(19)3-6-16/h4-5,7-9H,2-3,6,10H2,1H3. The summed E-state index contributed by atoms with van der Waals surface area (Å²) in [6.45, 7) is 3.06. The van der Waals surface area contributed by atoms with Gasteiger partial charge in [0.25, 0.3) is 0 Å². The summed E-state index contributed by atoms with van der Waals surface area (Å²) in [4.78, 5) is 10.2. The van der Waals surface area contributed by atoms with Crippen LogP contribution in [0.3, 0.4) is 0 Å². The Labute approximate surface area is 127 Å². The van der Waals surface area contributed by atoms with Crippen LogP contribution < -0.4 is 0 Å². The number of aromatic nitrogens is 3. The number of halogens is 1. The second-order valence-electron chi connectivity index (χ2n) is 4.64. The van der Waals surface area contributed by atoms with Crippen LogP contribution in [0.2, 0.25) is 0 Å². The van der Waals surface area contributed by atoms with Crippen LogP contribution in [0.5, 0.6) is 0 Å². The van der Waals surface area contributed by atoms with Crippen molar-refractivity contribution in [1.29, 1.82) is 0 Å². The molecule has 0 atom stereocenters. The second kappa shape index (κ2) is 5.94. The number of hydrogen-bond donors (Lipinski definition) is 0. The molecule has 0 saturated carbocycles. The maximum Gasteiger partial charge on any atom is 0.111 e. The average Bonchev–Trinajstić information content (AvgIpc) is 3.05. The molecule has 0 radical (unpaired) electrons.